The Labute approximate surface area is 139 Å². The Morgan fingerprint density at radius 1 is 0.958 bits per heavy atom. The Balaban J connectivity index is 3.04. The second-order valence-electron chi connectivity index (χ2n) is 5.10. The minimum Gasteiger partial charge on any atom is -0.463 e. The molecule has 0 aliphatic rings. The van der Waals surface area contributed by atoms with Gasteiger partial charge in [-0.25, -0.2) is 0 Å². The second kappa shape index (κ2) is 9.39. The molecule has 0 aliphatic heterocycles. The molecule has 0 spiro atoms. The summed E-state index contributed by atoms with van der Waals surface area (Å²) in [5.74, 6) is -1.57. The molecular formula is C16H20N2O6. The van der Waals surface area contributed by atoms with Crippen LogP contribution in [0.15, 0.2) is 29.5 Å². The SMILES string of the molecule is CC(=O)OCC(COC(C)=O)(COC(C)=O)N=Cc1ccncc1. The average molecular weight is 336 g/mol. The highest BCUT2D eigenvalue weighted by Gasteiger charge is 2.34. The molecule has 0 N–H and O–H groups in total. The van der Waals surface area contributed by atoms with E-state index in [2.05, 4.69) is 9.98 Å². The van der Waals surface area contributed by atoms with Gasteiger partial charge in [-0.3, -0.25) is 24.4 Å². The third kappa shape index (κ3) is 7.48. The van der Waals surface area contributed by atoms with Crippen molar-refractivity contribution in [2.75, 3.05) is 19.8 Å². The molecule has 0 aromatic carbocycles. The molecule has 0 saturated heterocycles. The normalized spacial score (nSPS) is 11.1. The molecule has 1 aromatic heterocycles. The molecule has 1 rings (SSSR count). The summed E-state index contributed by atoms with van der Waals surface area (Å²) in [5.41, 5.74) is -0.491. The highest BCUT2D eigenvalue weighted by molar-refractivity contribution is 5.79. The summed E-state index contributed by atoms with van der Waals surface area (Å²) in [7, 11) is 0. The minimum absolute atomic E-state index is 0.204. The molecule has 0 amide bonds. The van der Waals surface area contributed by atoms with E-state index in [1.807, 2.05) is 0 Å². The minimum atomic E-state index is -1.23. The van der Waals surface area contributed by atoms with E-state index in [0.717, 1.165) is 5.56 Å². The predicted molar refractivity (Wildman–Crippen MR) is 84.5 cm³/mol. The van der Waals surface area contributed by atoms with Crippen molar-refractivity contribution in [1.82, 2.24) is 4.98 Å². The van der Waals surface area contributed by atoms with Crippen LogP contribution >= 0.6 is 0 Å². The predicted octanol–water partition coefficient (Wildman–Crippen LogP) is 0.929. The number of esters is 3. The van der Waals surface area contributed by atoms with Gasteiger partial charge < -0.3 is 14.2 Å². The summed E-state index contributed by atoms with van der Waals surface area (Å²) in [4.78, 5) is 41.7. The maximum atomic E-state index is 11.1. The summed E-state index contributed by atoms with van der Waals surface area (Å²) < 4.78 is 15.0. The maximum absolute atomic E-state index is 11.1. The van der Waals surface area contributed by atoms with Crippen LogP contribution in [-0.2, 0) is 28.6 Å². The molecule has 0 radical (unpaired) electrons. The van der Waals surface area contributed by atoms with Crippen LogP contribution in [0.2, 0.25) is 0 Å². The molecule has 0 fully saturated rings. The third-order valence-corrected chi connectivity index (χ3v) is 2.83. The summed E-state index contributed by atoms with van der Waals surface area (Å²) in [6.07, 6.45) is 4.69. The summed E-state index contributed by atoms with van der Waals surface area (Å²) in [5, 5.41) is 0. The first-order chi connectivity index (χ1) is 11.3. The first-order valence-corrected chi connectivity index (χ1v) is 7.18. The molecule has 0 saturated carbocycles. The van der Waals surface area contributed by atoms with Crippen LogP contribution in [-0.4, -0.2) is 54.5 Å². The number of aromatic nitrogens is 1. The smallest absolute Gasteiger partial charge is 0.302 e. The molecule has 0 unspecified atom stereocenters. The standard InChI is InChI=1S/C16H20N2O6/c1-12(19)22-9-16(10-23-13(2)20,11-24-14(3)21)18-8-15-4-6-17-7-5-15/h4-8H,9-11H2,1-3H3. The van der Waals surface area contributed by atoms with Gasteiger partial charge in [-0.1, -0.05) is 0 Å². The van der Waals surface area contributed by atoms with Crippen LogP contribution in [0, 0.1) is 0 Å². The van der Waals surface area contributed by atoms with E-state index in [1.54, 1.807) is 24.5 Å². The average Bonchev–Trinajstić information content (AvgIpc) is 2.54. The first kappa shape index (κ1) is 19.3. The van der Waals surface area contributed by atoms with Crippen LogP contribution in [0.1, 0.15) is 26.3 Å². The van der Waals surface area contributed by atoms with Crippen molar-refractivity contribution < 1.29 is 28.6 Å². The molecule has 0 aliphatic carbocycles. The number of rotatable bonds is 8. The highest BCUT2D eigenvalue weighted by atomic mass is 16.6. The third-order valence-electron chi connectivity index (χ3n) is 2.83. The van der Waals surface area contributed by atoms with Crippen LogP contribution in [0.4, 0.5) is 0 Å². The molecule has 0 atom stereocenters. The van der Waals surface area contributed by atoms with Crippen molar-refractivity contribution in [3.05, 3.63) is 30.1 Å². The van der Waals surface area contributed by atoms with Crippen LogP contribution in [0.3, 0.4) is 0 Å². The number of nitrogens with zero attached hydrogens (tertiary/aromatic N) is 2. The van der Waals surface area contributed by atoms with E-state index in [-0.39, 0.29) is 19.8 Å². The zero-order chi connectivity index (χ0) is 18.0. The topological polar surface area (TPSA) is 104 Å². The zero-order valence-corrected chi connectivity index (χ0v) is 13.9. The number of carbonyl (C=O) groups is 3. The van der Waals surface area contributed by atoms with Gasteiger partial charge >= 0.3 is 17.9 Å². The molecule has 1 aromatic rings. The largest absolute Gasteiger partial charge is 0.463 e. The van der Waals surface area contributed by atoms with E-state index in [9.17, 15) is 14.4 Å². The van der Waals surface area contributed by atoms with E-state index in [1.165, 1.54) is 27.0 Å². The van der Waals surface area contributed by atoms with Crippen molar-refractivity contribution in [3.8, 4) is 0 Å². The van der Waals surface area contributed by atoms with Crippen molar-refractivity contribution in [2.45, 2.75) is 26.3 Å². The van der Waals surface area contributed by atoms with Gasteiger partial charge in [0.05, 0.1) is 0 Å². The summed E-state index contributed by atoms with van der Waals surface area (Å²) in [6, 6.07) is 3.44. The number of ether oxygens (including phenoxy) is 3. The quantitative estimate of drug-likeness (QED) is 0.395. The van der Waals surface area contributed by atoms with Crippen molar-refractivity contribution in [2.24, 2.45) is 4.99 Å². The van der Waals surface area contributed by atoms with Crippen molar-refractivity contribution in [3.63, 3.8) is 0 Å². The van der Waals surface area contributed by atoms with Crippen LogP contribution < -0.4 is 0 Å². The fraction of sp³-hybridized carbons (Fsp3) is 0.438. The van der Waals surface area contributed by atoms with Gasteiger partial charge in [0.2, 0.25) is 0 Å². The van der Waals surface area contributed by atoms with E-state index < -0.39 is 23.4 Å². The Kier molecular flexibility index (Phi) is 7.54. The van der Waals surface area contributed by atoms with Gasteiger partial charge in [0.1, 0.15) is 19.8 Å². The van der Waals surface area contributed by atoms with Crippen molar-refractivity contribution >= 4 is 24.1 Å². The lowest BCUT2D eigenvalue weighted by atomic mass is 10.0. The lowest BCUT2D eigenvalue weighted by Gasteiger charge is -2.27. The van der Waals surface area contributed by atoms with Gasteiger partial charge in [-0.15, -0.1) is 0 Å². The monoisotopic (exact) mass is 336 g/mol. The van der Waals surface area contributed by atoms with E-state index in [0.29, 0.717) is 0 Å². The number of hydrogen-bond donors (Lipinski definition) is 0. The fourth-order valence-corrected chi connectivity index (χ4v) is 1.61. The Morgan fingerprint density at radius 3 is 1.75 bits per heavy atom. The Morgan fingerprint density at radius 2 is 1.38 bits per heavy atom. The number of carbonyl (C=O) groups excluding carboxylic acids is 3. The van der Waals surface area contributed by atoms with Gasteiger partial charge in [-0.05, 0) is 17.7 Å². The molecular weight excluding hydrogens is 316 g/mol. The number of hydrogen-bond acceptors (Lipinski definition) is 8. The van der Waals surface area contributed by atoms with Crippen LogP contribution in [0.25, 0.3) is 0 Å². The van der Waals surface area contributed by atoms with Gasteiger partial charge in [0.15, 0.2) is 5.54 Å². The Bertz CT molecular complexity index is 554. The summed E-state index contributed by atoms with van der Waals surface area (Å²) in [6.45, 7) is 3.12. The molecule has 8 heteroatoms. The van der Waals surface area contributed by atoms with Gasteiger partial charge in [0.25, 0.3) is 0 Å². The molecule has 1 heterocycles. The highest BCUT2D eigenvalue weighted by Crippen LogP contribution is 2.15. The van der Waals surface area contributed by atoms with E-state index in [4.69, 9.17) is 14.2 Å². The Hall–Kier alpha value is -2.77. The van der Waals surface area contributed by atoms with Crippen LogP contribution in [0.5, 0.6) is 0 Å². The van der Waals surface area contributed by atoms with Gasteiger partial charge in [0, 0.05) is 39.4 Å². The first-order valence-electron chi connectivity index (χ1n) is 7.18. The van der Waals surface area contributed by atoms with Gasteiger partial charge in [-0.2, -0.15) is 0 Å². The molecule has 130 valence electrons. The number of pyridine rings is 1. The van der Waals surface area contributed by atoms with E-state index >= 15 is 0 Å². The van der Waals surface area contributed by atoms with Crippen molar-refractivity contribution in [1.29, 1.82) is 0 Å². The number of aliphatic imine (C=N–C) groups is 1. The zero-order valence-electron chi connectivity index (χ0n) is 13.9. The lowest BCUT2D eigenvalue weighted by Crippen LogP contribution is -2.44. The summed E-state index contributed by atoms with van der Waals surface area (Å²) >= 11 is 0. The molecule has 24 heavy (non-hydrogen) atoms. The second-order valence-corrected chi connectivity index (χ2v) is 5.10. The molecule has 0 bridgehead atoms. The lowest BCUT2D eigenvalue weighted by molar-refractivity contribution is -0.152. The fourth-order valence-electron chi connectivity index (χ4n) is 1.61. The maximum Gasteiger partial charge on any atom is 0.302 e. The molecule has 8 nitrogen and oxygen atoms in total.